The van der Waals surface area contributed by atoms with Crippen molar-refractivity contribution < 1.29 is 4.39 Å². The molecule has 1 unspecified atom stereocenters. The second-order valence-corrected chi connectivity index (χ2v) is 5.54. The summed E-state index contributed by atoms with van der Waals surface area (Å²) in [5.41, 5.74) is 1.05. The van der Waals surface area contributed by atoms with Gasteiger partial charge in [-0.3, -0.25) is 4.39 Å². The van der Waals surface area contributed by atoms with E-state index in [1.165, 1.54) is 0 Å². The zero-order valence-electron chi connectivity index (χ0n) is 8.85. The van der Waals surface area contributed by atoms with Gasteiger partial charge in [-0.05, 0) is 23.1 Å². The van der Waals surface area contributed by atoms with Gasteiger partial charge in [0.2, 0.25) is 0 Å². The predicted molar refractivity (Wildman–Crippen MR) is 62.3 cm³/mol. The highest BCUT2D eigenvalue weighted by atomic mass is 79.9. The van der Waals surface area contributed by atoms with Gasteiger partial charge in [0, 0.05) is 10.4 Å². The standard InChI is InChI=1S/C12H16BrF/c1-12(2,3)11(8-14)9-4-6-10(13)7-5-9/h4-7,11H,8H2,1-3H3. The Hall–Kier alpha value is -0.370. The average molecular weight is 259 g/mol. The van der Waals surface area contributed by atoms with Crippen LogP contribution in [0.3, 0.4) is 0 Å². The third kappa shape index (κ3) is 2.81. The van der Waals surface area contributed by atoms with Crippen molar-refractivity contribution in [2.75, 3.05) is 6.67 Å². The maximum Gasteiger partial charge on any atom is 0.0967 e. The molecular weight excluding hydrogens is 243 g/mol. The van der Waals surface area contributed by atoms with Crippen LogP contribution in [-0.2, 0) is 0 Å². The van der Waals surface area contributed by atoms with Gasteiger partial charge < -0.3 is 0 Å². The minimum atomic E-state index is -0.300. The monoisotopic (exact) mass is 258 g/mol. The van der Waals surface area contributed by atoms with Crippen LogP contribution in [0.5, 0.6) is 0 Å². The topological polar surface area (TPSA) is 0 Å². The zero-order valence-corrected chi connectivity index (χ0v) is 10.4. The van der Waals surface area contributed by atoms with Gasteiger partial charge in [0.25, 0.3) is 0 Å². The molecule has 78 valence electrons. The Morgan fingerprint density at radius 3 is 2.07 bits per heavy atom. The molecule has 0 spiro atoms. The lowest BCUT2D eigenvalue weighted by Crippen LogP contribution is -2.20. The van der Waals surface area contributed by atoms with Crippen LogP contribution in [-0.4, -0.2) is 6.67 Å². The lowest BCUT2D eigenvalue weighted by atomic mass is 9.77. The molecule has 0 N–H and O–H groups in total. The Morgan fingerprint density at radius 1 is 1.21 bits per heavy atom. The highest BCUT2D eigenvalue weighted by molar-refractivity contribution is 9.10. The number of hydrogen-bond acceptors (Lipinski definition) is 0. The summed E-state index contributed by atoms with van der Waals surface area (Å²) in [7, 11) is 0. The minimum absolute atomic E-state index is 0.0180. The molecule has 2 heteroatoms. The molecule has 0 fully saturated rings. The van der Waals surface area contributed by atoms with Crippen molar-refractivity contribution in [2.24, 2.45) is 5.41 Å². The molecule has 0 saturated heterocycles. The van der Waals surface area contributed by atoms with E-state index in [1.54, 1.807) is 0 Å². The first kappa shape index (κ1) is 11.7. The summed E-state index contributed by atoms with van der Waals surface area (Å²) in [6, 6.07) is 7.90. The highest BCUT2D eigenvalue weighted by Gasteiger charge is 2.25. The summed E-state index contributed by atoms with van der Waals surface area (Å²) >= 11 is 3.37. The fourth-order valence-electron chi connectivity index (χ4n) is 1.52. The first-order valence-electron chi connectivity index (χ1n) is 4.76. The van der Waals surface area contributed by atoms with Gasteiger partial charge >= 0.3 is 0 Å². The van der Waals surface area contributed by atoms with E-state index < -0.39 is 0 Å². The number of halogens is 2. The molecule has 14 heavy (non-hydrogen) atoms. The number of rotatable bonds is 2. The third-order valence-corrected chi connectivity index (χ3v) is 3.00. The fraction of sp³-hybridized carbons (Fsp3) is 0.500. The van der Waals surface area contributed by atoms with Gasteiger partial charge in [0.1, 0.15) is 0 Å². The molecule has 1 rings (SSSR count). The van der Waals surface area contributed by atoms with Crippen molar-refractivity contribution in [3.8, 4) is 0 Å². The molecule has 0 bridgehead atoms. The minimum Gasteiger partial charge on any atom is -0.250 e. The van der Waals surface area contributed by atoms with Crippen LogP contribution in [0.25, 0.3) is 0 Å². The lowest BCUT2D eigenvalue weighted by molar-refractivity contribution is 0.262. The van der Waals surface area contributed by atoms with Crippen molar-refractivity contribution in [3.63, 3.8) is 0 Å². The molecule has 1 aromatic carbocycles. The second-order valence-electron chi connectivity index (χ2n) is 4.62. The second kappa shape index (κ2) is 4.43. The predicted octanol–water partition coefficient (Wildman–Crippen LogP) is 4.55. The van der Waals surface area contributed by atoms with E-state index in [0.717, 1.165) is 10.0 Å². The van der Waals surface area contributed by atoms with Crippen molar-refractivity contribution in [3.05, 3.63) is 34.3 Å². The van der Waals surface area contributed by atoms with Gasteiger partial charge in [0.15, 0.2) is 0 Å². The summed E-state index contributed by atoms with van der Waals surface area (Å²) in [5.74, 6) is -0.0180. The van der Waals surface area contributed by atoms with Gasteiger partial charge in [-0.15, -0.1) is 0 Å². The lowest BCUT2D eigenvalue weighted by Gasteiger charge is -2.28. The maximum absolute atomic E-state index is 12.9. The number of hydrogen-bond donors (Lipinski definition) is 0. The van der Waals surface area contributed by atoms with Gasteiger partial charge in [-0.25, -0.2) is 0 Å². The largest absolute Gasteiger partial charge is 0.250 e. The van der Waals surface area contributed by atoms with Gasteiger partial charge in [-0.2, -0.15) is 0 Å². The summed E-state index contributed by atoms with van der Waals surface area (Å²) in [6.07, 6.45) is 0. The van der Waals surface area contributed by atoms with Crippen LogP contribution < -0.4 is 0 Å². The zero-order chi connectivity index (χ0) is 10.8. The quantitative estimate of drug-likeness (QED) is 0.731. The van der Waals surface area contributed by atoms with Gasteiger partial charge in [-0.1, -0.05) is 48.8 Å². The van der Waals surface area contributed by atoms with Crippen LogP contribution in [0.4, 0.5) is 4.39 Å². The van der Waals surface area contributed by atoms with Crippen LogP contribution in [0.15, 0.2) is 28.7 Å². The van der Waals surface area contributed by atoms with Crippen molar-refractivity contribution >= 4 is 15.9 Å². The SMILES string of the molecule is CC(C)(C)C(CF)c1ccc(Br)cc1. The van der Waals surface area contributed by atoms with Gasteiger partial charge in [0.05, 0.1) is 6.67 Å². The first-order chi connectivity index (χ1) is 6.45. The van der Waals surface area contributed by atoms with E-state index >= 15 is 0 Å². The number of benzene rings is 1. The molecule has 1 aromatic rings. The summed E-state index contributed by atoms with van der Waals surface area (Å²) in [5, 5.41) is 0. The summed E-state index contributed by atoms with van der Waals surface area (Å²) < 4.78 is 14.0. The summed E-state index contributed by atoms with van der Waals surface area (Å²) in [4.78, 5) is 0. The van der Waals surface area contributed by atoms with E-state index in [2.05, 4.69) is 36.7 Å². The van der Waals surface area contributed by atoms with Crippen molar-refractivity contribution in [1.82, 2.24) is 0 Å². The Morgan fingerprint density at radius 2 is 1.71 bits per heavy atom. The van der Waals surface area contributed by atoms with E-state index in [0.29, 0.717) is 0 Å². The molecule has 0 radical (unpaired) electrons. The van der Waals surface area contributed by atoms with Crippen LogP contribution in [0.1, 0.15) is 32.3 Å². The third-order valence-electron chi connectivity index (χ3n) is 2.47. The maximum atomic E-state index is 12.9. The Kier molecular flexibility index (Phi) is 3.71. The van der Waals surface area contributed by atoms with E-state index in [-0.39, 0.29) is 18.0 Å². The molecule has 0 aliphatic carbocycles. The fourth-order valence-corrected chi connectivity index (χ4v) is 1.78. The first-order valence-corrected chi connectivity index (χ1v) is 5.56. The molecule has 1 atom stereocenters. The summed E-state index contributed by atoms with van der Waals surface area (Å²) in [6.45, 7) is 5.91. The molecule has 0 amide bonds. The molecule has 0 heterocycles. The molecule has 0 saturated carbocycles. The highest BCUT2D eigenvalue weighted by Crippen LogP contribution is 2.35. The Bertz CT molecular complexity index is 284. The van der Waals surface area contributed by atoms with E-state index in [4.69, 9.17) is 0 Å². The molecular formula is C12H16BrF. The van der Waals surface area contributed by atoms with E-state index in [1.807, 2.05) is 24.3 Å². The van der Waals surface area contributed by atoms with Crippen LogP contribution in [0, 0.1) is 5.41 Å². The van der Waals surface area contributed by atoms with Crippen LogP contribution >= 0.6 is 15.9 Å². The average Bonchev–Trinajstić information content (AvgIpc) is 2.07. The smallest absolute Gasteiger partial charge is 0.0967 e. The molecule has 0 aromatic heterocycles. The van der Waals surface area contributed by atoms with Crippen LogP contribution in [0.2, 0.25) is 0 Å². The molecule has 0 aliphatic rings. The van der Waals surface area contributed by atoms with Crippen molar-refractivity contribution in [1.29, 1.82) is 0 Å². The van der Waals surface area contributed by atoms with Crippen molar-refractivity contribution in [2.45, 2.75) is 26.7 Å². The normalized spacial score (nSPS) is 14.1. The van der Waals surface area contributed by atoms with E-state index in [9.17, 15) is 4.39 Å². The molecule has 0 aliphatic heterocycles. The Labute approximate surface area is 93.7 Å². The Balaban J connectivity index is 2.96. The number of alkyl halides is 1. The molecule has 0 nitrogen and oxygen atoms in total.